The Bertz CT molecular complexity index is 739. The van der Waals surface area contributed by atoms with Crippen molar-refractivity contribution in [2.75, 3.05) is 6.61 Å². The van der Waals surface area contributed by atoms with Gasteiger partial charge in [-0.15, -0.1) is 0 Å². The van der Waals surface area contributed by atoms with E-state index in [-0.39, 0.29) is 24.1 Å². The van der Waals surface area contributed by atoms with Crippen molar-refractivity contribution in [3.05, 3.63) is 71.3 Å². The molecule has 0 saturated carbocycles. The number of rotatable bonds is 3. The van der Waals surface area contributed by atoms with Crippen molar-refractivity contribution >= 4 is 5.91 Å². The Balaban J connectivity index is 1.83. The molecule has 4 rings (SSSR count). The molecule has 1 amide bonds. The number of nitrogens with zero attached hydrogens (tertiary/aromatic N) is 1. The fraction of sp³-hybridized carbons (Fsp3) is 0.381. The molecule has 2 aromatic carbocycles. The molecule has 1 N–H and O–H groups in total. The second-order valence-corrected chi connectivity index (χ2v) is 6.92. The van der Waals surface area contributed by atoms with E-state index in [1.807, 2.05) is 35.2 Å². The largest absolute Gasteiger partial charge is 0.394 e. The number of likely N-dealkylation sites (tertiary alicyclic amines) is 1. The first-order valence-electron chi connectivity index (χ1n) is 8.82. The number of aliphatic hydroxyl groups excluding tert-OH is 1. The second kappa shape index (κ2) is 6.06. The van der Waals surface area contributed by atoms with Gasteiger partial charge in [0, 0.05) is 6.42 Å². The van der Waals surface area contributed by atoms with Crippen molar-refractivity contribution in [2.24, 2.45) is 0 Å². The quantitative estimate of drug-likeness (QED) is 0.939. The summed E-state index contributed by atoms with van der Waals surface area (Å²) in [6.45, 7) is -0.0420. The minimum absolute atomic E-state index is 0.0420. The van der Waals surface area contributed by atoms with Crippen LogP contribution in [0.4, 0.5) is 0 Å². The van der Waals surface area contributed by atoms with E-state index in [1.54, 1.807) is 0 Å². The molecule has 1 fully saturated rings. The lowest BCUT2D eigenvalue weighted by Gasteiger charge is -2.49. The minimum Gasteiger partial charge on any atom is -0.394 e. The number of carbonyl (C=O) groups is 1. The summed E-state index contributed by atoms with van der Waals surface area (Å²) in [5.41, 5.74) is 3.39. The molecule has 1 saturated heterocycles. The van der Waals surface area contributed by atoms with Crippen LogP contribution in [0.1, 0.15) is 48.4 Å². The average Bonchev–Trinajstić information content (AvgIpc) is 2.98. The Morgan fingerprint density at radius 2 is 1.75 bits per heavy atom. The molecule has 1 spiro atoms. The Hall–Kier alpha value is -2.13. The van der Waals surface area contributed by atoms with Crippen LogP contribution in [0.15, 0.2) is 54.6 Å². The first-order chi connectivity index (χ1) is 11.8. The molecule has 24 heavy (non-hydrogen) atoms. The summed E-state index contributed by atoms with van der Waals surface area (Å²) in [5, 5.41) is 10.1. The molecule has 0 radical (unpaired) electrons. The summed E-state index contributed by atoms with van der Waals surface area (Å²) in [6, 6.07) is 18.2. The summed E-state index contributed by atoms with van der Waals surface area (Å²) in [5.74, 6) is 0.167. The smallest absolute Gasteiger partial charge is 0.223 e. The van der Waals surface area contributed by atoms with Crippen LogP contribution in [0, 0.1) is 0 Å². The maximum Gasteiger partial charge on any atom is 0.223 e. The topological polar surface area (TPSA) is 40.5 Å². The first kappa shape index (κ1) is 15.4. The van der Waals surface area contributed by atoms with Crippen molar-refractivity contribution in [3.8, 4) is 0 Å². The Kier molecular flexibility index (Phi) is 3.89. The van der Waals surface area contributed by atoms with Crippen LogP contribution in [-0.4, -0.2) is 22.5 Å². The van der Waals surface area contributed by atoms with E-state index in [4.69, 9.17) is 0 Å². The number of hydrogen-bond donors (Lipinski definition) is 1. The number of hydrogen-bond acceptors (Lipinski definition) is 2. The Morgan fingerprint density at radius 3 is 2.54 bits per heavy atom. The predicted molar refractivity (Wildman–Crippen MR) is 93.4 cm³/mol. The lowest BCUT2D eigenvalue weighted by Crippen LogP contribution is -2.53. The molecule has 1 aliphatic carbocycles. The third kappa shape index (κ3) is 2.27. The molecule has 2 aromatic rings. The van der Waals surface area contributed by atoms with Crippen LogP contribution in [0.5, 0.6) is 0 Å². The van der Waals surface area contributed by atoms with E-state index in [1.165, 1.54) is 11.1 Å². The van der Waals surface area contributed by atoms with E-state index in [0.717, 1.165) is 31.2 Å². The van der Waals surface area contributed by atoms with Crippen LogP contribution >= 0.6 is 0 Å². The van der Waals surface area contributed by atoms with Gasteiger partial charge in [-0.1, -0.05) is 54.6 Å². The normalized spacial score (nSPS) is 24.2. The number of carbonyl (C=O) groups excluding carboxylic acids is 1. The highest BCUT2D eigenvalue weighted by Crippen LogP contribution is 2.50. The summed E-state index contributed by atoms with van der Waals surface area (Å²) >= 11 is 0. The van der Waals surface area contributed by atoms with Gasteiger partial charge in [0.1, 0.15) is 0 Å². The van der Waals surface area contributed by atoms with Gasteiger partial charge in [0.05, 0.1) is 18.2 Å². The maximum atomic E-state index is 13.0. The van der Waals surface area contributed by atoms with Crippen molar-refractivity contribution in [1.82, 2.24) is 4.90 Å². The van der Waals surface area contributed by atoms with Crippen LogP contribution in [0.3, 0.4) is 0 Å². The highest BCUT2D eigenvalue weighted by atomic mass is 16.3. The number of amides is 1. The van der Waals surface area contributed by atoms with Gasteiger partial charge >= 0.3 is 0 Å². The zero-order chi connectivity index (χ0) is 16.6. The van der Waals surface area contributed by atoms with Gasteiger partial charge in [0.2, 0.25) is 5.91 Å². The molecule has 1 heterocycles. The molecular formula is C21H23NO2. The van der Waals surface area contributed by atoms with E-state index in [9.17, 15) is 9.90 Å². The number of fused-ring (bicyclic) bond motifs is 2. The molecule has 124 valence electrons. The van der Waals surface area contributed by atoms with Crippen LogP contribution in [0.2, 0.25) is 0 Å². The Labute approximate surface area is 142 Å². The van der Waals surface area contributed by atoms with Gasteiger partial charge in [-0.05, 0) is 42.4 Å². The number of benzene rings is 2. The van der Waals surface area contributed by atoms with Crippen molar-refractivity contribution in [1.29, 1.82) is 0 Å². The number of aliphatic hydroxyl groups is 1. The molecule has 2 aliphatic rings. The lowest BCUT2D eigenvalue weighted by molar-refractivity contribution is -0.149. The number of aryl methyl sites for hydroxylation is 1. The van der Waals surface area contributed by atoms with Crippen LogP contribution < -0.4 is 0 Å². The van der Waals surface area contributed by atoms with Crippen molar-refractivity contribution in [2.45, 2.75) is 43.7 Å². The zero-order valence-corrected chi connectivity index (χ0v) is 13.8. The fourth-order valence-electron chi connectivity index (χ4n) is 4.67. The van der Waals surface area contributed by atoms with Crippen LogP contribution in [-0.2, 0) is 16.8 Å². The van der Waals surface area contributed by atoms with E-state index >= 15 is 0 Å². The summed E-state index contributed by atoms with van der Waals surface area (Å²) in [6.07, 6.45) is 4.46. The van der Waals surface area contributed by atoms with Crippen molar-refractivity contribution < 1.29 is 9.90 Å². The van der Waals surface area contributed by atoms with E-state index in [0.29, 0.717) is 6.42 Å². The molecule has 0 bridgehead atoms. The standard InChI is InChI=1S/C21H23NO2/c23-15-19(17-8-2-1-3-9-17)22-20(24)11-6-13-21(22)14-12-16-7-4-5-10-18(16)21/h1-5,7-10,19,23H,6,11-15H2. The third-order valence-electron chi connectivity index (χ3n) is 5.71. The fourth-order valence-corrected chi connectivity index (χ4v) is 4.67. The molecule has 2 unspecified atom stereocenters. The average molecular weight is 321 g/mol. The summed E-state index contributed by atoms with van der Waals surface area (Å²) < 4.78 is 0. The Morgan fingerprint density at radius 1 is 1.00 bits per heavy atom. The predicted octanol–water partition coefficient (Wildman–Crippen LogP) is 3.57. The minimum atomic E-state index is -0.273. The van der Waals surface area contributed by atoms with Crippen molar-refractivity contribution in [3.63, 3.8) is 0 Å². The molecule has 3 heteroatoms. The van der Waals surface area contributed by atoms with E-state index < -0.39 is 0 Å². The second-order valence-electron chi connectivity index (χ2n) is 6.92. The molecule has 3 nitrogen and oxygen atoms in total. The SMILES string of the molecule is O=C1CCCC2(CCc3ccccc32)N1C(CO)c1ccccc1. The van der Waals surface area contributed by atoms with Gasteiger partial charge in [0.25, 0.3) is 0 Å². The third-order valence-corrected chi connectivity index (χ3v) is 5.71. The molecular weight excluding hydrogens is 298 g/mol. The van der Waals surface area contributed by atoms with E-state index in [2.05, 4.69) is 24.3 Å². The van der Waals surface area contributed by atoms with Gasteiger partial charge < -0.3 is 10.0 Å². The molecule has 1 aliphatic heterocycles. The van der Waals surface area contributed by atoms with Gasteiger partial charge in [-0.25, -0.2) is 0 Å². The summed E-state index contributed by atoms with van der Waals surface area (Å²) in [4.78, 5) is 15.0. The van der Waals surface area contributed by atoms with Crippen LogP contribution in [0.25, 0.3) is 0 Å². The highest BCUT2D eigenvalue weighted by molar-refractivity contribution is 5.79. The van der Waals surface area contributed by atoms with Gasteiger partial charge in [0.15, 0.2) is 0 Å². The van der Waals surface area contributed by atoms with Gasteiger partial charge in [-0.2, -0.15) is 0 Å². The van der Waals surface area contributed by atoms with Gasteiger partial charge in [-0.3, -0.25) is 4.79 Å². The molecule has 0 aromatic heterocycles. The zero-order valence-electron chi connectivity index (χ0n) is 13.8. The number of piperidine rings is 1. The first-order valence-corrected chi connectivity index (χ1v) is 8.82. The lowest BCUT2D eigenvalue weighted by atomic mass is 9.79. The summed E-state index contributed by atoms with van der Waals surface area (Å²) in [7, 11) is 0. The maximum absolute atomic E-state index is 13.0. The molecule has 2 atom stereocenters. The monoisotopic (exact) mass is 321 g/mol. The highest BCUT2D eigenvalue weighted by Gasteiger charge is 2.50.